The van der Waals surface area contributed by atoms with E-state index in [0.29, 0.717) is 16.8 Å². The number of carbonyl (C=O) groups is 2. The molecule has 0 unspecified atom stereocenters. The van der Waals surface area contributed by atoms with Crippen molar-refractivity contribution in [1.82, 2.24) is 0 Å². The minimum absolute atomic E-state index is 0.102. The number of anilines is 1. The number of aryl methyl sites for hydroxylation is 1. The molecular weight excluding hydrogens is 358 g/mol. The summed E-state index contributed by atoms with van der Waals surface area (Å²) in [6, 6.07) is 28.6. The molecule has 0 saturated carbocycles. The standard InChI is InChI=1S/C26H21NO2/c1-18-14-15-24(23(16-18)26(29)20-9-3-2-4-10-20)27-25(28)17-21-12-7-11-19-8-5-6-13-22(19)21/h2-16H,17H2,1H3,(H,27,28). The molecule has 4 aromatic carbocycles. The quantitative estimate of drug-likeness (QED) is 0.461. The number of carbonyl (C=O) groups excluding carboxylic acids is 2. The van der Waals surface area contributed by atoms with E-state index >= 15 is 0 Å². The normalized spacial score (nSPS) is 10.7. The number of benzene rings is 4. The fourth-order valence-electron chi connectivity index (χ4n) is 3.51. The third-order valence-corrected chi connectivity index (χ3v) is 4.96. The largest absolute Gasteiger partial charge is 0.325 e. The highest BCUT2D eigenvalue weighted by atomic mass is 16.1. The van der Waals surface area contributed by atoms with Crippen molar-refractivity contribution in [2.75, 3.05) is 5.32 Å². The first-order chi connectivity index (χ1) is 14.1. The van der Waals surface area contributed by atoms with Crippen LogP contribution in [0.25, 0.3) is 10.8 Å². The lowest BCUT2D eigenvalue weighted by Gasteiger charge is -2.12. The Hall–Kier alpha value is -3.72. The van der Waals surface area contributed by atoms with E-state index in [1.54, 1.807) is 18.2 Å². The SMILES string of the molecule is Cc1ccc(NC(=O)Cc2cccc3ccccc23)c(C(=O)c2ccccc2)c1. The number of fused-ring (bicyclic) bond motifs is 1. The van der Waals surface area contributed by atoms with Crippen LogP contribution in [0.4, 0.5) is 5.69 Å². The molecule has 29 heavy (non-hydrogen) atoms. The molecule has 0 fully saturated rings. The average Bonchev–Trinajstić information content (AvgIpc) is 2.75. The van der Waals surface area contributed by atoms with Crippen LogP contribution in [-0.2, 0) is 11.2 Å². The molecule has 0 aliphatic heterocycles. The lowest BCUT2D eigenvalue weighted by molar-refractivity contribution is -0.115. The zero-order valence-corrected chi connectivity index (χ0v) is 16.2. The number of ketones is 1. The molecule has 0 spiro atoms. The van der Waals surface area contributed by atoms with Gasteiger partial charge in [0, 0.05) is 11.1 Å². The van der Waals surface area contributed by atoms with Gasteiger partial charge in [-0.15, -0.1) is 0 Å². The average molecular weight is 379 g/mol. The highest BCUT2D eigenvalue weighted by molar-refractivity contribution is 6.14. The van der Waals surface area contributed by atoms with E-state index in [4.69, 9.17) is 0 Å². The van der Waals surface area contributed by atoms with Crippen LogP contribution in [0.5, 0.6) is 0 Å². The minimum atomic E-state index is -0.146. The maximum absolute atomic E-state index is 13.0. The van der Waals surface area contributed by atoms with E-state index in [1.807, 2.05) is 79.7 Å². The second-order valence-electron chi connectivity index (χ2n) is 7.11. The van der Waals surface area contributed by atoms with Crippen molar-refractivity contribution in [2.45, 2.75) is 13.3 Å². The molecule has 0 atom stereocenters. The number of amides is 1. The Morgan fingerprint density at radius 1 is 0.793 bits per heavy atom. The van der Waals surface area contributed by atoms with E-state index < -0.39 is 0 Å². The van der Waals surface area contributed by atoms with E-state index in [2.05, 4.69) is 5.32 Å². The van der Waals surface area contributed by atoms with Gasteiger partial charge in [0.25, 0.3) is 0 Å². The van der Waals surface area contributed by atoms with Gasteiger partial charge in [-0.3, -0.25) is 9.59 Å². The molecule has 0 bridgehead atoms. The fourth-order valence-corrected chi connectivity index (χ4v) is 3.51. The summed E-state index contributed by atoms with van der Waals surface area (Å²) in [5.41, 5.74) is 3.57. The lowest BCUT2D eigenvalue weighted by Crippen LogP contribution is -2.17. The molecule has 0 aromatic heterocycles. The Labute approximate surface area is 170 Å². The van der Waals surface area contributed by atoms with E-state index in [0.717, 1.165) is 21.9 Å². The van der Waals surface area contributed by atoms with Gasteiger partial charge in [-0.2, -0.15) is 0 Å². The summed E-state index contributed by atoms with van der Waals surface area (Å²) in [5.74, 6) is -0.248. The molecule has 0 aliphatic rings. The van der Waals surface area contributed by atoms with Gasteiger partial charge in [0.15, 0.2) is 5.78 Å². The molecule has 0 saturated heterocycles. The van der Waals surface area contributed by atoms with E-state index in [-0.39, 0.29) is 18.1 Å². The Morgan fingerprint density at radius 2 is 1.52 bits per heavy atom. The molecule has 0 aliphatic carbocycles. The zero-order chi connectivity index (χ0) is 20.2. The van der Waals surface area contributed by atoms with Crippen LogP contribution in [0.3, 0.4) is 0 Å². The fraction of sp³-hybridized carbons (Fsp3) is 0.0769. The summed E-state index contributed by atoms with van der Waals surface area (Å²) in [5, 5.41) is 5.11. The van der Waals surface area contributed by atoms with Crippen molar-refractivity contribution in [1.29, 1.82) is 0 Å². The molecule has 3 nitrogen and oxygen atoms in total. The summed E-state index contributed by atoms with van der Waals surface area (Å²) >= 11 is 0. The highest BCUT2D eigenvalue weighted by Gasteiger charge is 2.16. The molecule has 0 heterocycles. The summed E-state index contributed by atoms with van der Waals surface area (Å²) in [7, 11) is 0. The summed E-state index contributed by atoms with van der Waals surface area (Å²) in [6.07, 6.45) is 0.244. The second kappa shape index (κ2) is 8.11. The van der Waals surface area contributed by atoms with Crippen molar-refractivity contribution >= 4 is 28.2 Å². The number of rotatable bonds is 5. The van der Waals surface area contributed by atoms with Gasteiger partial charge in [-0.1, -0.05) is 84.4 Å². The van der Waals surface area contributed by atoms with Gasteiger partial charge < -0.3 is 5.32 Å². The number of hydrogen-bond donors (Lipinski definition) is 1. The Balaban J connectivity index is 1.61. The van der Waals surface area contributed by atoms with Crippen LogP contribution >= 0.6 is 0 Å². The number of hydrogen-bond acceptors (Lipinski definition) is 2. The van der Waals surface area contributed by atoms with E-state index in [9.17, 15) is 9.59 Å². The molecule has 1 N–H and O–H groups in total. The van der Waals surface area contributed by atoms with Gasteiger partial charge in [0.05, 0.1) is 12.1 Å². The summed E-state index contributed by atoms with van der Waals surface area (Å²) in [6.45, 7) is 1.93. The molecule has 0 radical (unpaired) electrons. The Morgan fingerprint density at radius 3 is 2.34 bits per heavy atom. The Bertz CT molecular complexity index is 1190. The van der Waals surface area contributed by atoms with Crippen LogP contribution < -0.4 is 5.32 Å². The van der Waals surface area contributed by atoms with Crippen LogP contribution in [0.2, 0.25) is 0 Å². The van der Waals surface area contributed by atoms with Crippen molar-refractivity contribution in [3.8, 4) is 0 Å². The maximum atomic E-state index is 13.0. The predicted molar refractivity (Wildman–Crippen MR) is 117 cm³/mol. The maximum Gasteiger partial charge on any atom is 0.228 e. The summed E-state index contributed by atoms with van der Waals surface area (Å²) < 4.78 is 0. The van der Waals surface area contributed by atoms with Crippen molar-refractivity contribution < 1.29 is 9.59 Å². The lowest BCUT2D eigenvalue weighted by atomic mass is 9.99. The summed E-state index contributed by atoms with van der Waals surface area (Å²) in [4.78, 5) is 25.8. The van der Waals surface area contributed by atoms with Crippen LogP contribution in [0.15, 0.2) is 91.0 Å². The Kier molecular flexibility index (Phi) is 5.21. The van der Waals surface area contributed by atoms with Crippen LogP contribution in [0.1, 0.15) is 27.0 Å². The second-order valence-corrected chi connectivity index (χ2v) is 7.11. The highest BCUT2D eigenvalue weighted by Crippen LogP contribution is 2.23. The number of nitrogens with one attached hydrogen (secondary N) is 1. The molecule has 1 amide bonds. The first-order valence-corrected chi connectivity index (χ1v) is 9.59. The molecule has 4 rings (SSSR count). The predicted octanol–water partition coefficient (Wildman–Crippen LogP) is 5.56. The first kappa shape index (κ1) is 18.6. The van der Waals surface area contributed by atoms with Crippen molar-refractivity contribution in [3.63, 3.8) is 0 Å². The van der Waals surface area contributed by atoms with Crippen LogP contribution in [-0.4, -0.2) is 11.7 Å². The molecule has 3 heteroatoms. The topological polar surface area (TPSA) is 46.2 Å². The minimum Gasteiger partial charge on any atom is -0.325 e. The first-order valence-electron chi connectivity index (χ1n) is 9.59. The van der Waals surface area contributed by atoms with Gasteiger partial charge in [-0.05, 0) is 35.4 Å². The van der Waals surface area contributed by atoms with Gasteiger partial charge >= 0.3 is 0 Å². The molecule has 142 valence electrons. The van der Waals surface area contributed by atoms with E-state index in [1.165, 1.54) is 0 Å². The molecular formula is C26H21NO2. The molecule has 4 aromatic rings. The van der Waals surface area contributed by atoms with Gasteiger partial charge in [0.2, 0.25) is 5.91 Å². The van der Waals surface area contributed by atoms with Gasteiger partial charge in [-0.25, -0.2) is 0 Å². The smallest absolute Gasteiger partial charge is 0.228 e. The van der Waals surface area contributed by atoms with Crippen molar-refractivity contribution in [2.24, 2.45) is 0 Å². The third kappa shape index (κ3) is 4.09. The zero-order valence-electron chi connectivity index (χ0n) is 16.2. The monoisotopic (exact) mass is 379 g/mol. The van der Waals surface area contributed by atoms with Crippen molar-refractivity contribution in [3.05, 3.63) is 113 Å². The third-order valence-electron chi connectivity index (χ3n) is 4.96. The van der Waals surface area contributed by atoms with Crippen LogP contribution in [0, 0.1) is 6.92 Å². The van der Waals surface area contributed by atoms with Gasteiger partial charge in [0.1, 0.15) is 0 Å².